The van der Waals surface area contributed by atoms with E-state index in [0.717, 1.165) is 17.7 Å². The molecule has 0 N–H and O–H groups in total. The van der Waals surface area contributed by atoms with Crippen LogP contribution < -0.4 is 9.64 Å². The second kappa shape index (κ2) is 6.80. The monoisotopic (exact) mass is 369 g/mol. The van der Waals surface area contributed by atoms with Crippen LogP contribution in [-0.2, 0) is 13.0 Å². The topological polar surface area (TPSA) is 68.5 Å². The number of nitrogens with zero attached hydrogens (tertiary/aromatic N) is 3. The van der Waals surface area contributed by atoms with Crippen molar-refractivity contribution in [3.05, 3.63) is 70.3 Å². The average molecular weight is 370 g/mol. The number of hydrogen-bond acceptors (Lipinski definition) is 5. The molecule has 2 aromatic carbocycles. The lowest BCUT2D eigenvalue weighted by Crippen LogP contribution is -2.29. The van der Waals surface area contributed by atoms with Crippen molar-refractivity contribution in [2.45, 2.75) is 20.0 Å². The molecule has 1 amide bonds. The summed E-state index contributed by atoms with van der Waals surface area (Å²) >= 11 is 6.10. The first kappa shape index (κ1) is 16.6. The molecule has 0 saturated heterocycles. The Hall–Kier alpha value is -2.86. The molecule has 1 aromatic heterocycles. The number of fused-ring (bicyclic) bond motifs is 1. The van der Waals surface area contributed by atoms with Crippen molar-refractivity contribution < 1.29 is 14.1 Å². The van der Waals surface area contributed by atoms with Gasteiger partial charge in [-0.2, -0.15) is 4.98 Å². The Bertz CT molecular complexity index is 970. The van der Waals surface area contributed by atoms with Crippen LogP contribution in [0.15, 0.2) is 47.0 Å². The Kier molecular flexibility index (Phi) is 4.34. The van der Waals surface area contributed by atoms with Gasteiger partial charge in [-0.15, -0.1) is 0 Å². The van der Waals surface area contributed by atoms with E-state index in [1.165, 1.54) is 0 Å². The highest BCUT2D eigenvalue weighted by molar-refractivity contribution is 6.31. The Labute approximate surface area is 155 Å². The predicted octanol–water partition coefficient (Wildman–Crippen LogP) is 3.81. The maximum atomic E-state index is 13.1. The Balaban J connectivity index is 1.59. The maximum Gasteiger partial charge on any atom is 0.262 e. The minimum atomic E-state index is -0.120. The van der Waals surface area contributed by atoms with Crippen molar-refractivity contribution >= 4 is 23.2 Å². The van der Waals surface area contributed by atoms with E-state index in [1.807, 2.05) is 30.3 Å². The fourth-order valence-electron chi connectivity index (χ4n) is 3.02. The molecule has 6 nitrogen and oxygen atoms in total. The second-order valence-corrected chi connectivity index (χ2v) is 6.43. The number of rotatable bonds is 4. The van der Waals surface area contributed by atoms with E-state index in [4.69, 9.17) is 20.9 Å². The highest BCUT2D eigenvalue weighted by Gasteiger charge is 2.27. The van der Waals surface area contributed by atoms with Crippen LogP contribution in [0.3, 0.4) is 0 Å². The fraction of sp³-hybridized carbons (Fsp3) is 0.211. The van der Waals surface area contributed by atoms with E-state index in [0.29, 0.717) is 34.6 Å². The lowest BCUT2D eigenvalue weighted by atomic mass is 10.1. The minimum Gasteiger partial charge on any atom is -0.485 e. The molecule has 0 fully saturated rings. The smallest absolute Gasteiger partial charge is 0.262 e. The van der Waals surface area contributed by atoms with Crippen LogP contribution in [0.25, 0.3) is 0 Å². The normalized spacial score (nSPS) is 12.9. The van der Waals surface area contributed by atoms with Gasteiger partial charge in [-0.3, -0.25) is 4.79 Å². The third-order valence-electron chi connectivity index (χ3n) is 4.23. The van der Waals surface area contributed by atoms with Crippen molar-refractivity contribution in [3.63, 3.8) is 0 Å². The summed E-state index contributed by atoms with van der Waals surface area (Å²) in [7, 11) is 0. The molecule has 1 aliphatic rings. The highest BCUT2D eigenvalue weighted by atomic mass is 35.5. The number of carbonyl (C=O) groups is 1. The zero-order valence-corrected chi connectivity index (χ0v) is 14.9. The van der Waals surface area contributed by atoms with E-state index < -0.39 is 0 Å². The van der Waals surface area contributed by atoms with E-state index in [9.17, 15) is 4.79 Å². The molecule has 3 aromatic rings. The highest BCUT2D eigenvalue weighted by Crippen LogP contribution is 2.33. The molecule has 0 atom stereocenters. The first-order chi connectivity index (χ1) is 12.6. The molecule has 0 radical (unpaired) electrons. The number of aromatic nitrogens is 2. The number of amides is 1. The lowest BCUT2D eigenvalue weighted by Gasteiger charge is -2.19. The Morgan fingerprint density at radius 1 is 1.31 bits per heavy atom. The van der Waals surface area contributed by atoms with E-state index in [1.54, 1.807) is 24.0 Å². The number of aryl methyl sites for hydroxylation is 1. The number of carbonyl (C=O) groups excluding carboxylic acids is 1. The standard InChI is InChI=1S/C19H16ClN3O3/c1-12-21-18(22-26-12)11-25-17-5-3-2-4-15(17)19(24)23-9-8-13-6-7-14(20)10-16(13)23/h2-7,10H,8-9,11H2,1H3. The molecule has 0 unspecified atom stereocenters. The van der Waals surface area contributed by atoms with Crippen LogP contribution in [0, 0.1) is 6.92 Å². The van der Waals surface area contributed by atoms with E-state index in [2.05, 4.69) is 10.1 Å². The molecule has 7 heteroatoms. The number of ether oxygens (including phenoxy) is 1. The van der Waals surface area contributed by atoms with Crippen LogP contribution >= 0.6 is 11.6 Å². The van der Waals surface area contributed by atoms with Gasteiger partial charge >= 0.3 is 0 Å². The zero-order chi connectivity index (χ0) is 18.1. The molecule has 0 saturated carbocycles. The summed E-state index contributed by atoms with van der Waals surface area (Å²) in [5.74, 6) is 1.27. The van der Waals surface area contributed by atoms with Gasteiger partial charge in [-0.25, -0.2) is 0 Å². The minimum absolute atomic E-state index is 0.120. The number of halogens is 1. The van der Waals surface area contributed by atoms with Crippen molar-refractivity contribution in [2.24, 2.45) is 0 Å². The molecule has 132 valence electrons. The maximum absolute atomic E-state index is 13.1. The summed E-state index contributed by atoms with van der Waals surface area (Å²) in [6.45, 7) is 2.46. The van der Waals surface area contributed by atoms with Gasteiger partial charge < -0.3 is 14.2 Å². The number of para-hydroxylation sites is 1. The third-order valence-corrected chi connectivity index (χ3v) is 4.47. The van der Waals surface area contributed by atoms with Crippen molar-refractivity contribution in [3.8, 4) is 5.75 Å². The van der Waals surface area contributed by atoms with Gasteiger partial charge in [0.1, 0.15) is 5.75 Å². The molecule has 4 rings (SSSR count). The number of anilines is 1. The molecule has 1 aliphatic heterocycles. The van der Waals surface area contributed by atoms with Crippen LogP contribution in [0.4, 0.5) is 5.69 Å². The summed E-state index contributed by atoms with van der Waals surface area (Å²) in [6, 6.07) is 12.8. The average Bonchev–Trinajstić information content (AvgIpc) is 3.25. The van der Waals surface area contributed by atoms with E-state index in [-0.39, 0.29) is 12.5 Å². The van der Waals surface area contributed by atoms with Gasteiger partial charge in [0, 0.05) is 24.2 Å². The fourth-order valence-corrected chi connectivity index (χ4v) is 3.19. The van der Waals surface area contributed by atoms with E-state index >= 15 is 0 Å². The Morgan fingerprint density at radius 3 is 2.96 bits per heavy atom. The van der Waals surface area contributed by atoms with Gasteiger partial charge in [-0.05, 0) is 36.2 Å². The van der Waals surface area contributed by atoms with Crippen LogP contribution in [0.2, 0.25) is 5.02 Å². The SMILES string of the molecule is Cc1nc(COc2ccccc2C(=O)N2CCc3ccc(Cl)cc32)no1. The van der Waals surface area contributed by atoms with Crippen molar-refractivity contribution in [1.82, 2.24) is 10.1 Å². The molecule has 2 heterocycles. The van der Waals surface area contributed by atoms with Crippen LogP contribution in [-0.4, -0.2) is 22.6 Å². The number of benzene rings is 2. The van der Waals surface area contributed by atoms with Crippen molar-refractivity contribution in [1.29, 1.82) is 0 Å². The largest absolute Gasteiger partial charge is 0.485 e. The second-order valence-electron chi connectivity index (χ2n) is 5.99. The first-order valence-corrected chi connectivity index (χ1v) is 8.61. The summed E-state index contributed by atoms with van der Waals surface area (Å²) in [5, 5.41) is 4.41. The molecule has 0 spiro atoms. The van der Waals surface area contributed by atoms with Gasteiger partial charge in [0.05, 0.1) is 5.56 Å². The van der Waals surface area contributed by atoms with Crippen LogP contribution in [0.5, 0.6) is 5.75 Å². The summed E-state index contributed by atoms with van der Waals surface area (Å²) in [4.78, 5) is 19.0. The molecule has 0 aliphatic carbocycles. The first-order valence-electron chi connectivity index (χ1n) is 8.23. The molecule has 0 bridgehead atoms. The van der Waals surface area contributed by atoms with Crippen molar-refractivity contribution in [2.75, 3.05) is 11.4 Å². The third kappa shape index (κ3) is 3.15. The summed E-state index contributed by atoms with van der Waals surface area (Å²) < 4.78 is 10.7. The molecular weight excluding hydrogens is 354 g/mol. The molecule has 26 heavy (non-hydrogen) atoms. The lowest BCUT2D eigenvalue weighted by molar-refractivity contribution is 0.0984. The van der Waals surface area contributed by atoms with Gasteiger partial charge in [0.15, 0.2) is 6.61 Å². The summed E-state index contributed by atoms with van der Waals surface area (Å²) in [5.41, 5.74) is 2.45. The van der Waals surface area contributed by atoms with Gasteiger partial charge in [0.25, 0.3) is 5.91 Å². The predicted molar refractivity (Wildman–Crippen MR) is 96.6 cm³/mol. The quantitative estimate of drug-likeness (QED) is 0.699. The number of hydrogen-bond donors (Lipinski definition) is 0. The van der Waals surface area contributed by atoms with Gasteiger partial charge in [0.2, 0.25) is 11.7 Å². The van der Waals surface area contributed by atoms with Crippen LogP contribution in [0.1, 0.15) is 27.6 Å². The van der Waals surface area contributed by atoms with Gasteiger partial charge in [-0.1, -0.05) is 35.0 Å². The Morgan fingerprint density at radius 2 is 2.15 bits per heavy atom. The molecular formula is C19H16ClN3O3. The summed E-state index contributed by atoms with van der Waals surface area (Å²) in [6.07, 6.45) is 0.809. The zero-order valence-electron chi connectivity index (χ0n) is 14.1.